The maximum absolute atomic E-state index is 12.8. The van der Waals surface area contributed by atoms with Crippen molar-refractivity contribution >= 4 is 33.0 Å². The Balaban J connectivity index is 1.68. The number of benzene rings is 1. The number of carbonyl (C=O) groups is 1. The van der Waals surface area contributed by atoms with Crippen LogP contribution in [0, 0.1) is 5.92 Å². The van der Waals surface area contributed by atoms with Crippen molar-refractivity contribution in [3.63, 3.8) is 0 Å². The fourth-order valence-electron chi connectivity index (χ4n) is 2.93. The van der Waals surface area contributed by atoms with E-state index in [2.05, 4.69) is 12.2 Å². The van der Waals surface area contributed by atoms with Crippen molar-refractivity contribution in [1.82, 2.24) is 4.31 Å². The second-order valence-electron chi connectivity index (χ2n) is 6.62. The van der Waals surface area contributed by atoms with Crippen LogP contribution in [0.3, 0.4) is 0 Å². The normalized spacial score (nSPS) is 16.2. The molecule has 2 heterocycles. The number of thiophene rings is 1. The Morgan fingerprint density at radius 1 is 1.19 bits per heavy atom. The summed E-state index contributed by atoms with van der Waals surface area (Å²) in [5, 5.41) is 2.79. The number of sulfonamides is 1. The van der Waals surface area contributed by atoms with Crippen molar-refractivity contribution < 1.29 is 17.9 Å². The summed E-state index contributed by atoms with van der Waals surface area (Å²) in [6, 6.07) is 10.1. The molecule has 0 aliphatic carbocycles. The summed E-state index contributed by atoms with van der Waals surface area (Å²) < 4.78 is 32.7. The van der Waals surface area contributed by atoms with Gasteiger partial charge in [-0.3, -0.25) is 4.79 Å². The van der Waals surface area contributed by atoms with Crippen LogP contribution in [-0.2, 0) is 10.0 Å². The fourth-order valence-corrected chi connectivity index (χ4v) is 5.75. The summed E-state index contributed by atoms with van der Waals surface area (Å²) in [5.74, 6) is 0.962. The summed E-state index contributed by atoms with van der Waals surface area (Å²) >= 11 is 1.01. The van der Waals surface area contributed by atoms with Crippen molar-refractivity contribution in [2.75, 3.05) is 25.0 Å². The minimum Gasteiger partial charge on any atom is -0.494 e. The van der Waals surface area contributed by atoms with Crippen LogP contribution in [0.25, 0.3) is 0 Å². The average Bonchev–Trinajstić information content (AvgIpc) is 3.15. The topological polar surface area (TPSA) is 75.7 Å². The lowest BCUT2D eigenvalue weighted by molar-refractivity contribution is 0.103. The summed E-state index contributed by atoms with van der Waals surface area (Å²) in [7, 11) is -3.53. The van der Waals surface area contributed by atoms with E-state index in [4.69, 9.17) is 4.74 Å². The number of rotatable bonds is 6. The molecular formula is C19H24N2O4S2. The standard InChI is InChI=1S/C19H24N2O4S2/c1-3-25-16-6-4-15(5-7-16)20-19(22)17-8-9-18(26-17)27(23,24)21-12-10-14(2)11-13-21/h4-9,14H,3,10-13H2,1-2H3,(H,20,22). The number of nitrogens with zero attached hydrogens (tertiary/aromatic N) is 1. The molecule has 1 aromatic carbocycles. The number of ether oxygens (including phenoxy) is 1. The van der Waals surface area contributed by atoms with E-state index in [0.29, 0.717) is 36.2 Å². The molecule has 27 heavy (non-hydrogen) atoms. The van der Waals surface area contributed by atoms with Gasteiger partial charge in [-0.1, -0.05) is 6.92 Å². The smallest absolute Gasteiger partial charge is 0.265 e. The third-order valence-corrected chi connectivity index (χ3v) is 8.02. The van der Waals surface area contributed by atoms with Crippen LogP contribution in [0.15, 0.2) is 40.6 Å². The first-order chi connectivity index (χ1) is 12.9. The number of hydrogen-bond donors (Lipinski definition) is 1. The lowest BCUT2D eigenvalue weighted by Gasteiger charge is -2.28. The quantitative estimate of drug-likeness (QED) is 0.788. The second kappa shape index (κ2) is 8.41. The van der Waals surface area contributed by atoms with Gasteiger partial charge in [0.15, 0.2) is 0 Å². The molecule has 1 amide bonds. The number of amides is 1. The molecular weight excluding hydrogens is 384 g/mol. The van der Waals surface area contributed by atoms with E-state index in [1.807, 2.05) is 6.92 Å². The molecule has 1 aliphatic heterocycles. The highest BCUT2D eigenvalue weighted by atomic mass is 32.2. The molecule has 0 radical (unpaired) electrons. The molecule has 1 aromatic heterocycles. The SMILES string of the molecule is CCOc1ccc(NC(=O)c2ccc(S(=O)(=O)N3CCC(C)CC3)s2)cc1. The molecule has 0 bridgehead atoms. The highest BCUT2D eigenvalue weighted by Gasteiger charge is 2.29. The van der Waals surface area contributed by atoms with Crippen LogP contribution < -0.4 is 10.1 Å². The van der Waals surface area contributed by atoms with Gasteiger partial charge in [-0.05, 0) is 62.1 Å². The first kappa shape index (κ1) is 19.9. The lowest BCUT2D eigenvalue weighted by Crippen LogP contribution is -2.37. The third-order valence-electron chi connectivity index (χ3n) is 4.57. The Morgan fingerprint density at radius 3 is 2.48 bits per heavy atom. The van der Waals surface area contributed by atoms with Crippen molar-refractivity contribution in [3.05, 3.63) is 41.3 Å². The minimum atomic E-state index is -3.53. The predicted molar refractivity (Wildman–Crippen MR) is 107 cm³/mol. The zero-order valence-corrected chi connectivity index (χ0v) is 17.1. The molecule has 6 nitrogen and oxygen atoms in total. The van der Waals surface area contributed by atoms with E-state index in [-0.39, 0.29) is 10.1 Å². The zero-order chi connectivity index (χ0) is 19.4. The zero-order valence-electron chi connectivity index (χ0n) is 15.5. The van der Waals surface area contributed by atoms with E-state index in [1.165, 1.54) is 10.4 Å². The Bertz CT molecular complexity index is 883. The van der Waals surface area contributed by atoms with Crippen LogP contribution in [0.1, 0.15) is 36.4 Å². The van der Waals surface area contributed by atoms with Crippen molar-refractivity contribution in [2.24, 2.45) is 5.92 Å². The largest absolute Gasteiger partial charge is 0.494 e. The monoisotopic (exact) mass is 408 g/mol. The predicted octanol–water partition coefficient (Wildman–Crippen LogP) is 3.82. The summed E-state index contributed by atoms with van der Waals surface area (Å²) in [4.78, 5) is 12.8. The van der Waals surface area contributed by atoms with E-state index >= 15 is 0 Å². The average molecular weight is 409 g/mol. The van der Waals surface area contributed by atoms with E-state index < -0.39 is 10.0 Å². The van der Waals surface area contributed by atoms with Crippen LogP contribution >= 0.6 is 11.3 Å². The first-order valence-corrected chi connectivity index (χ1v) is 11.3. The van der Waals surface area contributed by atoms with E-state index in [1.54, 1.807) is 30.3 Å². The fraction of sp³-hybridized carbons (Fsp3) is 0.421. The maximum Gasteiger partial charge on any atom is 0.265 e. The van der Waals surface area contributed by atoms with Gasteiger partial charge in [0.2, 0.25) is 0 Å². The van der Waals surface area contributed by atoms with Crippen LogP contribution in [0.4, 0.5) is 5.69 Å². The van der Waals surface area contributed by atoms with Crippen LogP contribution in [0.5, 0.6) is 5.75 Å². The maximum atomic E-state index is 12.8. The van der Waals surface area contributed by atoms with Gasteiger partial charge in [-0.2, -0.15) is 4.31 Å². The Labute approximate surface area is 164 Å². The number of anilines is 1. The molecule has 0 saturated carbocycles. The molecule has 0 spiro atoms. The molecule has 1 aliphatic rings. The molecule has 0 atom stereocenters. The number of hydrogen-bond acceptors (Lipinski definition) is 5. The Morgan fingerprint density at radius 2 is 1.85 bits per heavy atom. The molecule has 1 fully saturated rings. The van der Waals surface area contributed by atoms with Crippen molar-refractivity contribution in [1.29, 1.82) is 0 Å². The van der Waals surface area contributed by atoms with Crippen molar-refractivity contribution in [3.8, 4) is 5.75 Å². The molecule has 0 unspecified atom stereocenters. The van der Waals surface area contributed by atoms with Gasteiger partial charge >= 0.3 is 0 Å². The first-order valence-electron chi connectivity index (χ1n) is 9.04. The Kier molecular flexibility index (Phi) is 6.18. The number of nitrogens with one attached hydrogen (secondary N) is 1. The van der Waals surface area contributed by atoms with E-state index in [9.17, 15) is 13.2 Å². The lowest BCUT2D eigenvalue weighted by atomic mass is 10.0. The number of piperidine rings is 1. The summed E-state index contributed by atoms with van der Waals surface area (Å²) in [5.41, 5.74) is 0.631. The second-order valence-corrected chi connectivity index (χ2v) is 9.87. The third kappa shape index (κ3) is 4.69. The molecule has 146 valence electrons. The van der Waals surface area contributed by atoms with Gasteiger partial charge in [0.25, 0.3) is 15.9 Å². The van der Waals surface area contributed by atoms with Gasteiger partial charge in [-0.25, -0.2) is 8.42 Å². The molecule has 2 aromatic rings. The van der Waals surface area contributed by atoms with Gasteiger partial charge < -0.3 is 10.1 Å². The van der Waals surface area contributed by atoms with Crippen LogP contribution in [-0.4, -0.2) is 38.3 Å². The molecule has 1 saturated heterocycles. The van der Waals surface area contributed by atoms with Crippen molar-refractivity contribution in [2.45, 2.75) is 30.9 Å². The highest BCUT2D eigenvalue weighted by molar-refractivity contribution is 7.91. The molecule has 1 N–H and O–H groups in total. The molecule has 3 rings (SSSR count). The Hall–Kier alpha value is -1.90. The highest BCUT2D eigenvalue weighted by Crippen LogP contribution is 2.29. The van der Waals surface area contributed by atoms with Gasteiger partial charge in [-0.15, -0.1) is 11.3 Å². The summed E-state index contributed by atoms with van der Waals surface area (Å²) in [6.07, 6.45) is 1.74. The summed E-state index contributed by atoms with van der Waals surface area (Å²) in [6.45, 7) is 5.69. The van der Waals surface area contributed by atoms with E-state index in [0.717, 1.165) is 29.9 Å². The molecule has 8 heteroatoms. The van der Waals surface area contributed by atoms with Gasteiger partial charge in [0.05, 0.1) is 11.5 Å². The van der Waals surface area contributed by atoms with Crippen LogP contribution in [0.2, 0.25) is 0 Å². The van der Waals surface area contributed by atoms with Gasteiger partial charge in [0, 0.05) is 18.8 Å². The number of carbonyl (C=O) groups excluding carboxylic acids is 1. The minimum absolute atomic E-state index is 0.217. The van der Waals surface area contributed by atoms with Gasteiger partial charge in [0.1, 0.15) is 9.96 Å².